The van der Waals surface area contributed by atoms with Crippen molar-refractivity contribution in [3.63, 3.8) is 0 Å². The van der Waals surface area contributed by atoms with Gasteiger partial charge in [-0.25, -0.2) is 0 Å². The van der Waals surface area contributed by atoms with Crippen LogP contribution in [0.2, 0.25) is 0 Å². The Hall–Kier alpha value is -0.0351. The zero-order valence-corrected chi connectivity index (χ0v) is 16.0. The maximum absolute atomic E-state index is 12.1. The molecular weight excluding hydrogens is 307 g/mol. The Labute approximate surface area is 150 Å². The second kappa shape index (κ2) is 10.8. The van der Waals surface area contributed by atoms with Gasteiger partial charge in [-0.1, -0.05) is 33.6 Å². The molecule has 1 rings (SSSR count). The van der Waals surface area contributed by atoms with E-state index in [-0.39, 0.29) is 29.8 Å². The number of rotatable bonds is 12. The van der Waals surface area contributed by atoms with Crippen LogP contribution in [0.15, 0.2) is 0 Å². The second-order valence-electron chi connectivity index (χ2n) is 6.59. The van der Waals surface area contributed by atoms with Crippen LogP contribution in [0.5, 0.6) is 0 Å². The Morgan fingerprint density at radius 3 is 2.78 bits per heavy atom. The molecule has 1 unspecified atom stereocenters. The molecule has 4 atom stereocenters. The molecule has 0 radical (unpaired) electrons. The number of carbonyl (C=O) groups is 1. The standard InChI is InChI=1S/C17H35BN2O2S/c1-5-13(6-2)8-15(19)17-14(10-22-23-11-18)9-16(12(4)21)20(17)7-3/h13-17H,5-11,18-19H2,1-4H3/t14-,15?,16+,17+/m0/s1/i18TD. The van der Waals surface area contributed by atoms with Crippen molar-refractivity contribution in [3.05, 3.63) is 0 Å². The summed E-state index contributed by atoms with van der Waals surface area (Å²) in [6.45, 7) is 9.52. The minimum Gasteiger partial charge on any atom is -0.326 e. The normalized spacial score (nSPS) is 27.8. The summed E-state index contributed by atoms with van der Waals surface area (Å²) in [6, 6.07) is 0.122. The first-order chi connectivity index (χ1) is 11.8. The van der Waals surface area contributed by atoms with Crippen molar-refractivity contribution in [3.8, 4) is 0 Å². The molecule has 0 aromatic carbocycles. The maximum atomic E-state index is 12.1. The van der Waals surface area contributed by atoms with Crippen LogP contribution in [-0.4, -0.2) is 58.1 Å². The minimum absolute atomic E-state index is 0.0351. The van der Waals surface area contributed by atoms with Crippen LogP contribution in [-0.2, 0) is 8.98 Å². The van der Waals surface area contributed by atoms with Gasteiger partial charge in [0, 0.05) is 18.0 Å². The largest absolute Gasteiger partial charge is 0.326 e. The van der Waals surface area contributed by atoms with Gasteiger partial charge in [-0.15, -0.1) is 0 Å². The van der Waals surface area contributed by atoms with Gasteiger partial charge in [-0.3, -0.25) is 9.69 Å². The molecular formula is C17H35BN2O2S. The van der Waals surface area contributed by atoms with E-state index in [9.17, 15) is 4.79 Å². The first kappa shape index (κ1) is 17.8. The highest BCUT2D eigenvalue weighted by molar-refractivity contribution is 7.95. The third kappa shape index (κ3) is 5.77. The van der Waals surface area contributed by atoms with Crippen molar-refractivity contribution in [2.45, 2.75) is 71.5 Å². The van der Waals surface area contributed by atoms with E-state index in [4.69, 9.17) is 12.6 Å². The zero-order valence-electron chi connectivity index (χ0n) is 17.2. The van der Waals surface area contributed by atoms with Gasteiger partial charge in [0.2, 0.25) is 0 Å². The maximum Gasteiger partial charge on any atom is 0.146 e. The highest BCUT2D eigenvalue weighted by Crippen LogP contribution is 2.35. The summed E-state index contributed by atoms with van der Waals surface area (Å²) in [5.41, 5.74) is 6.97. The van der Waals surface area contributed by atoms with Gasteiger partial charge in [-0.05, 0) is 52.6 Å². The molecule has 0 amide bonds. The first-order valence-electron chi connectivity index (χ1n) is 10.1. The van der Waals surface area contributed by atoms with Crippen molar-refractivity contribution < 1.29 is 8.98 Å². The van der Waals surface area contributed by atoms with Crippen LogP contribution in [0.4, 0.5) is 0 Å². The lowest BCUT2D eigenvalue weighted by Crippen LogP contribution is -2.51. The van der Waals surface area contributed by atoms with Gasteiger partial charge in [0.15, 0.2) is 0 Å². The molecule has 1 aliphatic rings. The van der Waals surface area contributed by atoms with Gasteiger partial charge in [0.1, 0.15) is 13.6 Å². The monoisotopic (exact) mass is 345 g/mol. The molecule has 6 heteroatoms. The van der Waals surface area contributed by atoms with Gasteiger partial charge >= 0.3 is 0 Å². The van der Waals surface area contributed by atoms with Gasteiger partial charge in [0.05, 0.1) is 12.6 Å². The summed E-state index contributed by atoms with van der Waals surface area (Å²) in [5, 5.41) is 0. The third-order valence-electron chi connectivity index (χ3n) is 5.26. The summed E-state index contributed by atoms with van der Waals surface area (Å²) in [7, 11) is -0.876. The van der Waals surface area contributed by atoms with E-state index in [0.717, 1.165) is 32.2 Å². The fraction of sp³-hybridized carbons (Fsp3) is 0.941. The molecule has 1 fully saturated rings. The number of hydrogen-bond donors (Lipinski definition) is 1. The zero-order chi connectivity index (χ0) is 19.0. The number of nitrogens with two attached hydrogens (primary N) is 1. The number of likely N-dealkylation sites (tertiary alicyclic amines) is 1. The molecule has 0 aromatic rings. The highest BCUT2D eigenvalue weighted by Gasteiger charge is 2.45. The molecule has 23 heavy (non-hydrogen) atoms. The Morgan fingerprint density at radius 1 is 1.57 bits per heavy atom. The lowest BCUT2D eigenvalue weighted by Gasteiger charge is -2.35. The van der Waals surface area contributed by atoms with Crippen molar-refractivity contribution in [1.29, 1.82) is 2.67 Å². The van der Waals surface area contributed by atoms with Crippen molar-refractivity contribution in [1.82, 2.24) is 4.90 Å². The SMILES string of the molecule is [2H]B([3H])CSOC[C@@H]1C[C@H](C(C)=O)N(CC)[C@H]1C(N)CC(CC)CC. The fourth-order valence-electron chi connectivity index (χ4n) is 3.96. The van der Waals surface area contributed by atoms with Crippen LogP contribution < -0.4 is 5.73 Å². The van der Waals surface area contributed by atoms with Crippen LogP contribution in [0, 0.1) is 11.8 Å². The van der Waals surface area contributed by atoms with E-state index in [0.29, 0.717) is 18.2 Å². The highest BCUT2D eigenvalue weighted by atomic mass is 32.2. The van der Waals surface area contributed by atoms with Crippen molar-refractivity contribution in [2.75, 3.05) is 18.8 Å². The lowest BCUT2D eigenvalue weighted by molar-refractivity contribution is -0.121. The van der Waals surface area contributed by atoms with E-state index in [1.807, 2.05) is 0 Å². The predicted octanol–water partition coefficient (Wildman–Crippen LogP) is 2.06. The summed E-state index contributed by atoms with van der Waals surface area (Å²) in [4.78, 5) is 14.4. The Kier molecular flexibility index (Phi) is 8.31. The molecule has 134 valence electrons. The minimum atomic E-state index is -0.876. The topological polar surface area (TPSA) is 55.6 Å². The number of Topliss-reactive ketones (excluding diaryl/α,β-unsaturated/α-hetero) is 1. The van der Waals surface area contributed by atoms with E-state index >= 15 is 0 Å². The number of hydrogen-bond acceptors (Lipinski definition) is 5. The van der Waals surface area contributed by atoms with E-state index in [1.165, 1.54) is 12.0 Å². The Balaban J connectivity index is 2.80. The molecule has 0 bridgehead atoms. The lowest BCUT2D eigenvalue weighted by atomic mass is 9.86. The molecule has 0 aliphatic carbocycles. The van der Waals surface area contributed by atoms with E-state index in [2.05, 4.69) is 25.7 Å². The van der Waals surface area contributed by atoms with E-state index < -0.39 is 7.77 Å². The Morgan fingerprint density at radius 2 is 2.26 bits per heavy atom. The van der Waals surface area contributed by atoms with Crippen molar-refractivity contribution >= 4 is 25.6 Å². The number of likely N-dealkylation sites (N-methyl/N-ethyl adjacent to an activating group) is 1. The molecule has 1 heterocycles. The quantitative estimate of drug-likeness (QED) is 0.333. The summed E-state index contributed by atoms with van der Waals surface area (Å²) < 4.78 is 20.1. The van der Waals surface area contributed by atoms with Gasteiger partial charge in [-0.2, -0.15) is 0 Å². The predicted molar refractivity (Wildman–Crippen MR) is 102 cm³/mol. The molecule has 0 spiro atoms. The first-order valence-corrected chi connectivity index (χ1v) is 9.87. The molecule has 2 N–H and O–H groups in total. The average Bonchev–Trinajstić information content (AvgIpc) is 2.95. The Bertz CT molecular complexity index is 403. The molecule has 1 aliphatic heterocycles. The molecule has 4 nitrogen and oxygen atoms in total. The molecule has 0 saturated carbocycles. The summed E-state index contributed by atoms with van der Waals surface area (Å²) >= 11 is 1.18. The van der Waals surface area contributed by atoms with Crippen LogP contribution in [0.25, 0.3) is 0 Å². The number of carbonyl (C=O) groups excluding carboxylic acids is 1. The third-order valence-corrected chi connectivity index (χ3v) is 5.70. The van der Waals surface area contributed by atoms with E-state index in [1.54, 1.807) is 6.92 Å². The average molecular weight is 345 g/mol. The number of nitrogens with zero attached hydrogens (tertiary/aromatic N) is 1. The van der Waals surface area contributed by atoms with Crippen LogP contribution in [0.1, 0.15) is 53.4 Å². The van der Waals surface area contributed by atoms with Crippen LogP contribution in [0.3, 0.4) is 0 Å². The number of ketones is 1. The van der Waals surface area contributed by atoms with Crippen molar-refractivity contribution in [2.24, 2.45) is 17.6 Å². The van der Waals surface area contributed by atoms with Crippen LogP contribution >= 0.6 is 12.0 Å². The van der Waals surface area contributed by atoms with Gasteiger partial charge in [0.25, 0.3) is 0 Å². The smallest absolute Gasteiger partial charge is 0.146 e. The second-order valence-corrected chi connectivity index (χ2v) is 7.40. The molecule has 0 aromatic heterocycles. The van der Waals surface area contributed by atoms with Gasteiger partial charge < -0.3 is 9.92 Å². The molecule has 1 saturated heterocycles. The fourth-order valence-corrected chi connectivity index (χ4v) is 4.33. The summed E-state index contributed by atoms with van der Waals surface area (Å²) in [6.07, 6.45) is 4.02. The summed E-state index contributed by atoms with van der Waals surface area (Å²) in [5.74, 6) is 1.04.